The molecule has 0 spiro atoms. The topological polar surface area (TPSA) is 70.0 Å². The quantitative estimate of drug-likeness (QED) is 0.811. The largest absolute Gasteiger partial charge is 0.480 e. The Kier molecular flexibility index (Phi) is 3.82. The van der Waals surface area contributed by atoms with Crippen LogP contribution in [0.3, 0.4) is 0 Å². The van der Waals surface area contributed by atoms with E-state index in [1.54, 1.807) is 13.3 Å². The van der Waals surface area contributed by atoms with Crippen molar-refractivity contribution < 1.29 is 9.47 Å². The van der Waals surface area contributed by atoms with Gasteiger partial charge in [0.2, 0.25) is 5.88 Å². The number of rotatable bonds is 6. The second-order valence-corrected chi connectivity index (χ2v) is 6.63. The second-order valence-electron chi connectivity index (χ2n) is 6.63. The van der Waals surface area contributed by atoms with Crippen LogP contribution in [0.2, 0.25) is 0 Å². The second kappa shape index (κ2) is 6.00. The van der Waals surface area contributed by atoms with Gasteiger partial charge in [-0.2, -0.15) is 10.1 Å². The van der Waals surface area contributed by atoms with Gasteiger partial charge in [-0.15, -0.1) is 5.10 Å². The molecule has 126 valence electrons. The van der Waals surface area contributed by atoms with E-state index < -0.39 is 0 Å². The van der Waals surface area contributed by atoms with Gasteiger partial charge in [-0.25, -0.2) is 4.98 Å². The zero-order valence-electron chi connectivity index (χ0n) is 14.3. The Morgan fingerprint density at radius 2 is 2.00 bits per heavy atom. The first-order valence-electron chi connectivity index (χ1n) is 8.58. The standard InChI is InChI=1S/C18H22N4O2/c1-4-10-7-12(10)13-8-15(21-22-16(13)11-5-6-11)14-9-19-18(24-3)20-17(14)23-2/h8-12H,4-7H2,1-3H3/t10-,12-/m0/s1. The van der Waals surface area contributed by atoms with Gasteiger partial charge in [-0.3, -0.25) is 0 Å². The van der Waals surface area contributed by atoms with Crippen LogP contribution in [0.25, 0.3) is 11.3 Å². The molecule has 2 aliphatic rings. The Bertz CT molecular complexity index is 761. The van der Waals surface area contributed by atoms with E-state index in [2.05, 4.69) is 33.2 Å². The van der Waals surface area contributed by atoms with Crippen LogP contribution >= 0.6 is 0 Å². The first kappa shape index (κ1) is 15.3. The van der Waals surface area contributed by atoms with Crippen LogP contribution in [0.5, 0.6) is 11.9 Å². The molecule has 0 saturated heterocycles. The summed E-state index contributed by atoms with van der Waals surface area (Å²) in [4.78, 5) is 8.45. The molecule has 2 atom stereocenters. The number of aromatic nitrogens is 4. The molecule has 2 aromatic rings. The van der Waals surface area contributed by atoms with Gasteiger partial charge in [-0.05, 0) is 42.7 Å². The summed E-state index contributed by atoms with van der Waals surface area (Å²) in [5.74, 6) is 2.48. The van der Waals surface area contributed by atoms with Crippen molar-refractivity contribution in [2.45, 2.75) is 44.4 Å². The Labute approximate surface area is 141 Å². The lowest BCUT2D eigenvalue weighted by Crippen LogP contribution is -2.03. The highest BCUT2D eigenvalue weighted by molar-refractivity contribution is 5.65. The summed E-state index contributed by atoms with van der Waals surface area (Å²) >= 11 is 0. The Balaban J connectivity index is 1.75. The maximum absolute atomic E-state index is 5.39. The first-order valence-corrected chi connectivity index (χ1v) is 8.58. The minimum atomic E-state index is 0.284. The maximum atomic E-state index is 5.39. The van der Waals surface area contributed by atoms with Crippen molar-refractivity contribution in [2.24, 2.45) is 5.92 Å². The molecule has 0 N–H and O–H groups in total. The van der Waals surface area contributed by atoms with Crippen molar-refractivity contribution in [3.63, 3.8) is 0 Å². The van der Waals surface area contributed by atoms with Crippen molar-refractivity contribution in [1.29, 1.82) is 0 Å². The number of ether oxygens (including phenoxy) is 2. The summed E-state index contributed by atoms with van der Waals surface area (Å²) in [7, 11) is 3.13. The summed E-state index contributed by atoms with van der Waals surface area (Å²) < 4.78 is 10.5. The fraction of sp³-hybridized carbons (Fsp3) is 0.556. The smallest absolute Gasteiger partial charge is 0.319 e. The molecule has 2 heterocycles. The van der Waals surface area contributed by atoms with Crippen LogP contribution in [-0.4, -0.2) is 34.4 Å². The van der Waals surface area contributed by atoms with E-state index in [4.69, 9.17) is 9.47 Å². The molecular weight excluding hydrogens is 304 g/mol. The van der Waals surface area contributed by atoms with Gasteiger partial charge in [-0.1, -0.05) is 13.3 Å². The Morgan fingerprint density at radius 1 is 1.17 bits per heavy atom. The van der Waals surface area contributed by atoms with E-state index in [9.17, 15) is 0 Å². The highest BCUT2D eigenvalue weighted by Gasteiger charge is 2.41. The Hall–Kier alpha value is -2.24. The molecule has 0 radical (unpaired) electrons. The molecule has 0 aliphatic heterocycles. The molecular formula is C18H22N4O2. The molecule has 2 fully saturated rings. The number of methoxy groups -OCH3 is 2. The van der Waals surface area contributed by atoms with Gasteiger partial charge in [0.05, 0.1) is 25.5 Å². The number of hydrogen-bond acceptors (Lipinski definition) is 6. The van der Waals surface area contributed by atoms with Crippen molar-refractivity contribution in [2.75, 3.05) is 14.2 Å². The minimum Gasteiger partial charge on any atom is -0.480 e. The summed E-state index contributed by atoms with van der Waals surface area (Å²) in [6.07, 6.45) is 6.65. The minimum absolute atomic E-state index is 0.284. The SMILES string of the molecule is CC[C@H]1C[C@@H]1c1cc(-c2cnc(OC)nc2OC)nnc1C1CC1. The van der Waals surface area contributed by atoms with E-state index in [0.29, 0.717) is 17.7 Å². The third kappa shape index (κ3) is 2.70. The van der Waals surface area contributed by atoms with Gasteiger partial charge >= 0.3 is 6.01 Å². The molecule has 2 aromatic heterocycles. The predicted molar refractivity (Wildman–Crippen MR) is 89.3 cm³/mol. The van der Waals surface area contributed by atoms with Crippen LogP contribution in [-0.2, 0) is 0 Å². The molecule has 0 bridgehead atoms. The van der Waals surface area contributed by atoms with Crippen LogP contribution in [0.1, 0.15) is 55.7 Å². The van der Waals surface area contributed by atoms with E-state index in [1.807, 2.05) is 0 Å². The van der Waals surface area contributed by atoms with Crippen LogP contribution in [0, 0.1) is 5.92 Å². The van der Waals surface area contributed by atoms with E-state index in [1.165, 1.54) is 44.1 Å². The van der Waals surface area contributed by atoms with E-state index in [-0.39, 0.29) is 6.01 Å². The lowest BCUT2D eigenvalue weighted by Gasteiger charge is -2.11. The fourth-order valence-electron chi connectivity index (χ4n) is 3.38. The van der Waals surface area contributed by atoms with Crippen LogP contribution in [0.15, 0.2) is 12.3 Å². The zero-order chi connectivity index (χ0) is 16.7. The molecule has 2 aliphatic carbocycles. The van der Waals surface area contributed by atoms with Crippen molar-refractivity contribution >= 4 is 0 Å². The lowest BCUT2D eigenvalue weighted by atomic mass is 10.0. The van der Waals surface area contributed by atoms with Crippen LogP contribution < -0.4 is 9.47 Å². The molecule has 0 aromatic carbocycles. The van der Waals surface area contributed by atoms with Crippen molar-refractivity contribution in [3.05, 3.63) is 23.5 Å². The third-order valence-corrected chi connectivity index (χ3v) is 5.05. The zero-order valence-corrected chi connectivity index (χ0v) is 14.3. The van der Waals surface area contributed by atoms with Gasteiger partial charge in [0.25, 0.3) is 0 Å². The van der Waals surface area contributed by atoms with Gasteiger partial charge in [0.1, 0.15) is 5.69 Å². The Morgan fingerprint density at radius 3 is 2.62 bits per heavy atom. The summed E-state index contributed by atoms with van der Waals surface area (Å²) in [5.41, 5.74) is 4.10. The molecule has 6 nitrogen and oxygen atoms in total. The monoisotopic (exact) mass is 326 g/mol. The first-order chi connectivity index (χ1) is 11.7. The number of nitrogens with zero attached hydrogens (tertiary/aromatic N) is 4. The molecule has 4 rings (SSSR count). The predicted octanol–water partition coefficient (Wildman–Crippen LogP) is 3.34. The van der Waals surface area contributed by atoms with E-state index in [0.717, 1.165) is 17.2 Å². The fourth-order valence-corrected chi connectivity index (χ4v) is 3.38. The molecule has 2 saturated carbocycles. The maximum Gasteiger partial charge on any atom is 0.319 e. The third-order valence-electron chi connectivity index (χ3n) is 5.05. The molecule has 0 amide bonds. The highest BCUT2D eigenvalue weighted by atomic mass is 16.5. The summed E-state index contributed by atoms with van der Waals surface area (Å²) in [5, 5.41) is 9.02. The van der Waals surface area contributed by atoms with Gasteiger partial charge < -0.3 is 9.47 Å². The van der Waals surface area contributed by atoms with Crippen LogP contribution in [0.4, 0.5) is 0 Å². The molecule has 6 heteroatoms. The molecule has 24 heavy (non-hydrogen) atoms. The van der Waals surface area contributed by atoms with E-state index >= 15 is 0 Å². The van der Waals surface area contributed by atoms with Gasteiger partial charge in [0, 0.05) is 12.1 Å². The highest BCUT2D eigenvalue weighted by Crippen LogP contribution is 2.53. The molecule has 0 unspecified atom stereocenters. The van der Waals surface area contributed by atoms with Crippen molar-refractivity contribution in [3.8, 4) is 23.1 Å². The van der Waals surface area contributed by atoms with Gasteiger partial charge in [0.15, 0.2) is 0 Å². The summed E-state index contributed by atoms with van der Waals surface area (Å²) in [6.45, 7) is 2.26. The number of hydrogen-bond donors (Lipinski definition) is 0. The lowest BCUT2D eigenvalue weighted by molar-refractivity contribution is 0.353. The average molecular weight is 326 g/mol. The van der Waals surface area contributed by atoms with Crippen molar-refractivity contribution in [1.82, 2.24) is 20.2 Å². The summed E-state index contributed by atoms with van der Waals surface area (Å²) in [6, 6.07) is 2.46. The average Bonchev–Trinajstić information content (AvgIpc) is 3.54. The normalized spacial score (nSPS) is 22.3.